The highest BCUT2D eigenvalue weighted by molar-refractivity contribution is 5.88. The maximum absolute atomic E-state index is 12.9. The van der Waals surface area contributed by atoms with Gasteiger partial charge in [-0.2, -0.15) is 0 Å². The highest BCUT2D eigenvalue weighted by atomic mass is 16.6. The third kappa shape index (κ3) is 4.46. The van der Waals surface area contributed by atoms with Crippen molar-refractivity contribution in [3.05, 3.63) is 54.6 Å². The second kappa shape index (κ2) is 8.37. The lowest BCUT2D eigenvalue weighted by molar-refractivity contribution is -0.158. The SMILES string of the molecule is O=C(COc1ccc(Nc2ccccc2)cc1)OCC(=O)C12CC3CC(CC(C3)C1)C2. The number of carbonyl (C=O) groups excluding carboxylic acids is 2. The molecule has 0 aromatic heterocycles. The zero-order chi connectivity index (χ0) is 21.3. The summed E-state index contributed by atoms with van der Waals surface area (Å²) < 4.78 is 10.8. The van der Waals surface area contributed by atoms with Crippen LogP contribution in [0.5, 0.6) is 5.75 Å². The van der Waals surface area contributed by atoms with Crippen LogP contribution in [-0.2, 0) is 14.3 Å². The minimum absolute atomic E-state index is 0.117. The van der Waals surface area contributed by atoms with Gasteiger partial charge in [0.1, 0.15) is 5.75 Å². The quantitative estimate of drug-likeness (QED) is 0.601. The fourth-order valence-electron chi connectivity index (χ4n) is 6.26. The number of hydrogen-bond acceptors (Lipinski definition) is 5. The number of anilines is 2. The Morgan fingerprint density at radius 2 is 1.39 bits per heavy atom. The van der Waals surface area contributed by atoms with Crippen molar-refractivity contribution in [1.82, 2.24) is 0 Å². The molecule has 6 rings (SSSR count). The molecular formula is C26H29NO4. The third-order valence-corrected chi connectivity index (χ3v) is 7.27. The molecule has 0 spiro atoms. The Morgan fingerprint density at radius 3 is 2.00 bits per heavy atom. The van der Waals surface area contributed by atoms with Crippen molar-refractivity contribution in [3.8, 4) is 5.75 Å². The van der Waals surface area contributed by atoms with E-state index in [1.807, 2.05) is 42.5 Å². The van der Waals surface area contributed by atoms with Gasteiger partial charge in [-0.05, 0) is 92.7 Å². The molecule has 2 aromatic carbocycles. The molecule has 1 N–H and O–H groups in total. The predicted molar refractivity (Wildman–Crippen MR) is 118 cm³/mol. The molecule has 2 aromatic rings. The van der Waals surface area contributed by atoms with E-state index in [9.17, 15) is 9.59 Å². The number of nitrogens with one attached hydrogen (secondary N) is 1. The van der Waals surface area contributed by atoms with Gasteiger partial charge < -0.3 is 14.8 Å². The number of ketones is 1. The fourth-order valence-corrected chi connectivity index (χ4v) is 6.26. The highest BCUT2D eigenvalue weighted by Gasteiger charge is 2.54. The largest absolute Gasteiger partial charge is 0.482 e. The smallest absolute Gasteiger partial charge is 0.344 e. The molecule has 4 aliphatic rings. The van der Waals surface area contributed by atoms with Crippen molar-refractivity contribution in [1.29, 1.82) is 0 Å². The van der Waals surface area contributed by atoms with E-state index < -0.39 is 5.97 Å². The Morgan fingerprint density at radius 1 is 0.806 bits per heavy atom. The first-order chi connectivity index (χ1) is 15.1. The number of Topliss-reactive ketones (excluding diaryl/α,β-unsaturated/α-hetero) is 1. The monoisotopic (exact) mass is 419 g/mol. The van der Waals surface area contributed by atoms with Gasteiger partial charge in [0.2, 0.25) is 0 Å². The standard InChI is InChI=1S/C26H29NO4/c28-24(26-13-18-10-19(14-26)12-20(11-18)15-26)16-31-25(29)17-30-23-8-6-22(7-9-23)27-21-4-2-1-3-5-21/h1-9,18-20,27H,10-17H2. The first-order valence-corrected chi connectivity index (χ1v) is 11.3. The molecule has 0 atom stereocenters. The molecule has 31 heavy (non-hydrogen) atoms. The molecular weight excluding hydrogens is 390 g/mol. The van der Waals surface area contributed by atoms with E-state index in [4.69, 9.17) is 9.47 Å². The molecule has 5 heteroatoms. The van der Waals surface area contributed by atoms with Gasteiger partial charge in [0.05, 0.1) is 0 Å². The maximum atomic E-state index is 12.9. The number of para-hydroxylation sites is 1. The van der Waals surface area contributed by atoms with E-state index in [1.165, 1.54) is 19.3 Å². The van der Waals surface area contributed by atoms with Gasteiger partial charge >= 0.3 is 5.97 Å². The van der Waals surface area contributed by atoms with E-state index >= 15 is 0 Å². The number of esters is 1. The van der Waals surface area contributed by atoms with E-state index in [0.717, 1.165) is 30.6 Å². The van der Waals surface area contributed by atoms with Crippen LogP contribution in [0, 0.1) is 23.2 Å². The third-order valence-electron chi connectivity index (χ3n) is 7.27. The van der Waals surface area contributed by atoms with Crippen LogP contribution in [-0.4, -0.2) is 25.0 Å². The van der Waals surface area contributed by atoms with Crippen LogP contribution >= 0.6 is 0 Å². The van der Waals surface area contributed by atoms with E-state index in [0.29, 0.717) is 23.5 Å². The summed E-state index contributed by atoms with van der Waals surface area (Å²) in [5, 5.41) is 3.30. The van der Waals surface area contributed by atoms with E-state index in [-0.39, 0.29) is 24.4 Å². The van der Waals surface area contributed by atoms with Gasteiger partial charge in [-0.15, -0.1) is 0 Å². The van der Waals surface area contributed by atoms with Crippen LogP contribution in [0.25, 0.3) is 0 Å². The number of benzene rings is 2. The topological polar surface area (TPSA) is 64.6 Å². The van der Waals surface area contributed by atoms with Crippen molar-refractivity contribution < 1.29 is 19.1 Å². The van der Waals surface area contributed by atoms with Gasteiger partial charge in [-0.25, -0.2) is 4.79 Å². The number of hydrogen-bond donors (Lipinski definition) is 1. The highest BCUT2D eigenvalue weighted by Crippen LogP contribution is 2.60. The van der Waals surface area contributed by atoms with Gasteiger partial charge in [-0.1, -0.05) is 18.2 Å². The maximum Gasteiger partial charge on any atom is 0.344 e. The molecule has 0 amide bonds. The summed E-state index contributed by atoms with van der Waals surface area (Å²) in [5.41, 5.74) is 1.71. The Bertz CT molecular complexity index is 902. The minimum Gasteiger partial charge on any atom is -0.482 e. The minimum atomic E-state index is -0.496. The number of ether oxygens (including phenoxy) is 2. The van der Waals surface area contributed by atoms with Crippen molar-refractivity contribution in [2.24, 2.45) is 23.2 Å². The molecule has 0 heterocycles. The fraction of sp³-hybridized carbons (Fsp3) is 0.462. The van der Waals surface area contributed by atoms with Crippen molar-refractivity contribution in [2.45, 2.75) is 38.5 Å². The summed E-state index contributed by atoms with van der Waals surface area (Å²) >= 11 is 0. The average Bonchev–Trinajstić information content (AvgIpc) is 2.77. The molecule has 162 valence electrons. The number of carbonyl (C=O) groups is 2. The first-order valence-electron chi connectivity index (χ1n) is 11.3. The zero-order valence-electron chi connectivity index (χ0n) is 17.7. The summed E-state index contributed by atoms with van der Waals surface area (Å²) in [6, 6.07) is 17.3. The Labute approximate surface area is 183 Å². The molecule has 4 aliphatic carbocycles. The molecule has 0 aliphatic heterocycles. The summed E-state index contributed by atoms with van der Waals surface area (Å²) in [5.74, 6) is 2.32. The Hall–Kier alpha value is -2.82. The van der Waals surface area contributed by atoms with E-state index in [2.05, 4.69) is 5.32 Å². The molecule has 0 unspecified atom stereocenters. The Kier molecular flexibility index (Phi) is 5.43. The van der Waals surface area contributed by atoms with Crippen LogP contribution in [0.4, 0.5) is 11.4 Å². The van der Waals surface area contributed by atoms with Crippen molar-refractivity contribution in [3.63, 3.8) is 0 Å². The van der Waals surface area contributed by atoms with Crippen LogP contribution < -0.4 is 10.1 Å². The van der Waals surface area contributed by atoms with Crippen LogP contribution in [0.3, 0.4) is 0 Å². The summed E-state index contributed by atoms with van der Waals surface area (Å²) in [6.07, 6.45) is 6.86. The van der Waals surface area contributed by atoms with E-state index in [1.54, 1.807) is 12.1 Å². The predicted octanol–water partition coefficient (Wildman–Crippen LogP) is 5.14. The molecule has 5 nitrogen and oxygen atoms in total. The van der Waals surface area contributed by atoms with Crippen molar-refractivity contribution in [2.75, 3.05) is 18.5 Å². The first kappa shape index (κ1) is 20.1. The second-order valence-corrected chi connectivity index (χ2v) is 9.59. The van der Waals surface area contributed by atoms with Gasteiger partial charge in [0.25, 0.3) is 0 Å². The molecule has 0 saturated heterocycles. The van der Waals surface area contributed by atoms with Gasteiger partial charge in [0.15, 0.2) is 19.0 Å². The van der Waals surface area contributed by atoms with Gasteiger partial charge in [-0.3, -0.25) is 4.79 Å². The van der Waals surface area contributed by atoms with Gasteiger partial charge in [0, 0.05) is 16.8 Å². The summed E-state index contributed by atoms with van der Waals surface area (Å²) in [6.45, 7) is -0.312. The lowest BCUT2D eigenvalue weighted by Crippen LogP contribution is -2.51. The van der Waals surface area contributed by atoms with Crippen molar-refractivity contribution >= 4 is 23.1 Å². The van der Waals surface area contributed by atoms with Crippen LogP contribution in [0.2, 0.25) is 0 Å². The summed E-state index contributed by atoms with van der Waals surface area (Å²) in [7, 11) is 0. The lowest BCUT2D eigenvalue weighted by Gasteiger charge is -2.55. The number of rotatable bonds is 8. The Balaban J connectivity index is 1.08. The average molecular weight is 420 g/mol. The second-order valence-electron chi connectivity index (χ2n) is 9.59. The van der Waals surface area contributed by atoms with Crippen LogP contribution in [0.15, 0.2) is 54.6 Å². The lowest BCUT2D eigenvalue weighted by atomic mass is 9.48. The normalized spacial score (nSPS) is 28.2. The molecule has 4 saturated carbocycles. The zero-order valence-corrected chi connectivity index (χ0v) is 17.7. The molecule has 0 radical (unpaired) electrons. The van der Waals surface area contributed by atoms with Crippen LogP contribution in [0.1, 0.15) is 38.5 Å². The molecule has 4 bridgehead atoms. The summed E-state index contributed by atoms with van der Waals surface area (Å²) in [4.78, 5) is 25.1. The molecule has 4 fully saturated rings.